The van der Waals surface area contributed by atoms with Crippen LogP contribution in [0.1, 0.15) is 17.2 Å². The first kappa shape index (κ1) is 22.0. The molecule has 4 rings (SSSR count). The van der Waals surface area contributed by atoms with Crippen LogP contribution in [0.2, 0.25) is 0 Å². The van der Waals surface area contributed by atoms with Crippen LogP contribution in [0.25, 0.3) is 0 Å². The average Bonchev–Trinajstić information content (AvgIpc) is 2.84. The number of amides is 3. The zero-order chi connectivity index (χ0) is 23.0. The van der Waals surface area contributed by atoms with Gasteiger partial charge in [-0.1, -0.05) is 18.2 Å². The van der Waals surface area contributed by atoms with Gasteiger partial charge in [-0.15, -0.1) is 0 Å². The van der Waals surface area contributed by atoms with E-state index in [2.05, 4.69) is 25.5 Å². The van der Waals surface area contributed by atoms with Gasteiger partial charge in [0.2, 0.25) is 6.41 Å². The molecule has 170 valence electrons. The van der Waals surface area contributed by atoms with E-state index in [9.17, 15) is 9.59 Å². The van der Waals surface area contributed by atoms with Crippen LogP contribution in [0, 0.1) is 0 Å². The van der Waals surface area contributed by atoms with Gasteiger partial charge < -0.3 is 19.5 Å². The number of carbonyl (C=O) groups is 2. The second-order valence-corrected chi connectivity index (χ2v) is 7.29. The molecule has 10 heteroatoms. The van der Waals surface area contributed by atoms with Crippen molar-refractivity contribution < 1.29 is 23.8 Å². The molecule has 0 unspecified atom stereocenters. The van der Waals surface area contributed by atoms with E-state index in [1.165, 1.54) is 6.33 Å². The Morgan fingerprint density at radius 1 is 1.15 bits per heavy atom. The van der Waals surface area contributed by atoms with Crippen molar-refractivity contribution in [2.75, 3.05) is 20.4 Å². The third-order valence-corrected chi connectivity index (χ3v) is 5.06. The Balaban J connectivity index is 1.47. The van der Waals surface area contributed by atoms with E-state index in [1.807, 2.05) is 30.3 Å². The first-order chi connectivity index (χ1) is 16.1. The quantitative estimate of drug-likeness (QED) is 0.505. The first-order valence-corrected chi connectivity index (χ1v) is 10.2. The van der Waals surface area contributed by atoms with Crippen molar-refractivity contribution in [3.05, 3.63) is 72.3 Å². The highest BCUT2D eigenvalue weighted by molar-refractivity contribution is 5.84. The maximum atomic E-state index is 12.1. The zero-order valence-corrected chi connectivity index (χ0v) is 17.9. The van der Waals surface area contributed by atoms with Gasteiger partial charge in [0, 0.05) is 24.7 Å². The van der Waals surface area contributed by atoms with Crippen molar-refractivity contribution in [1.82, 2.24) is 25.5 Å². The second kappa shape index (κ2) is 10.4. The van der Waals surface area contributed by atoms with Crippen molar-refractivity contribution in [2.24, 2.45) is 0 Å². The first-order valence-electron chi connectivity index (χ1n) is 10.2. The van der Waals surface area contributed by atoms with Gasteiger partial charge in [0.05, 0.1) is 25.5 Å². The Bertz CT molecular complexity index is 1090. The molecule has 10 nitrogen and oxygen atoms in total. The molecule has 0 aliphatic carbocycles. The molecule has 1 atom stereocenters. The molecule has 2 N–H and O–H groups in total. The molecule has 0 radical (unpaired) electrons. The lowest BCUT2D eigenvalue weighted by Gasteiger charge is -2.32. The molecule has 2 heterocycles. The highest BCUT2D eigenvalue weighted by Gasteiger charge is 2.23. The summed E-state index contributed by atoms with van der Waals surface area (Å²) in [5.41, 5.74) is 1.86. The Labute approximate surface area is 190 Å². The van der Waals surface area contributed by atoms with Gasteiger partial charge in [0.1, 0.15) is 30.3 Å². The molecule has 33 heavy (non-hydrogen) atoms. The summed E-state index contributed by atoms with van der Waals surface area (Å²) in [5, 5.41) is 4.96. The number of nitrogens with one attached hydrogen (secondary N) is 2. The number of urea groups is 1. The molecule has 0 saturated heterocycles. The molecular formula is C23H23N5O5. The minimum Gasteiger partial charge on any atom is -0.497 e. The fourth-order valence-corrected chi connectivity index (χ4v) is 3.48. The van der Waals surface area contributed by atoms with Gasteiger partial charge in [-0.3, -0.25) is 15.0 Å². The van der Waals surface area contributed by atoms with Crippen LogP contribution in [-0.4, -0.2) is 47.7 Å². The van der Waals surface area contributed by atoms with Crippen molar-refractivity contribution >= 4 is 12.4 Å². The van der Waals surface area contributed by atoms with Crippen molar-refractivity contribution in [2.45, 2.75) is 12.6 Å². The van der Waals surface area contributed by atoms with Crippen LogP contribution in [-0.2, 0) is 11.3 Å². The molecule has 0 bridgehead atoms. The number of fused-ring (bicyclic) bond motifs is 1. The fraction of sp³-hybridized carbons (Fsp3) is 0.217. The normalized spacial score (nSPS) is 13.7. The lowest BCUT2D eigenvalue weighted by molar-refractivity contribution is -0.108. The molecule has 1 aromatic heterocycles. The molecule has 0 saturated carbocycles. The van der Waals surface area contributed by atoms with Crippen LogP contribution >= 0.6 is 0 Å². The van der Waals surface area contributed by atoms with Crippen molar-refractivity contribution in [3.8, 4) is 23.0 Å². The number of ether oxygens (including phenoxy) is 3. The number of methoxy groups -OCH3 is 1. The van der Waals surface area contributed by atoms with Gasteiger partial charge in [-0.05, 0) is 23.8 Å². The Kier molecular flexibility index (Phi) is 6.96. The van der Waals surface area contributed by atoms with E-state index in [0.717, 1.165) is 22.6 Å². The van der Waals surface area contributed by atoms with Crippen molar-refractivity contribution in [1.29, 1.82) is 0 Å². The summed E-state index contributed by atoms with van der Waals surface area (Å²) >= 11 is 0. The number of aromatic nitrogens is 2. The summed E-state index contributed by atoms with van der Waals surface area (Å²) in [6, 6.07) is 12.0. The molecular weight excluding hydrogens is 426 g/mol. The lowest BCUT2D eigenvalue weighted by Crippen LogP contribution is -2.44. The third-order valence-electron chi connectivity index (χ3n) is 5.06. The van der Waals surface area contributed by atoms with Crippen molar-refractivity contribution in [3.63, 3.8) is 0 Å². The van der Waals surface area contributed by atoms with E-state index >= 15 is 0 Å². The number of imide groups is 1. The van der Waals surface area contributed by atoms with E-state index in [1.54, 1.807) is 31.6 Å². The highest BCUT2D eigenvalue weighted by atomic mass is 16.5. The number of rotatable bonds is 8. The maximum Gasteiger partial charge on any atom is 0.321 e. The summed E-state index contributed by atoms with van der Waals surface area (Å²) in [6.45, 7) is 1.45. The standard InChI is InChI=1S/C23H23N5O5/c1-31-19-7-4-17-11-28(15-32-22(17)8-19)12-21(27-23(30)26-14-29)16-2-5-18(6-3-16)33-20-9-24-13-25-10-20/h2-10,13-14,21H,11-12,15H2,1H3,(H2,26,27,29,30)/t21-/m0/s1. The number of carbonyl (C=O) groups excluding carboxylic acids is 2. The van der Waals surface area contributed by atoms with Gasteiger partial charge in [-0.25, -0.2) is 14.8 Å². The molecule has 3 aromatic rings. The van der Waals surface area contributed by atoms with E-state index in [0.29, 0.717) is 37.7 Å². The Morgan fingerprint density at radius 3 is 2.64 bits per heavy atom. The van der Waals surface area contributed by atoms with Crippen LogP contribution in [0.3, 0.4) is 0 Å². The predicted molar refractivity (Wildman–Crippen MR) is 118 cm³/mol. The Morgan fingerprint density at radius 2 is 1.91 bits per heavy atom. The number of nitrogens with zero attached hydrogens (tertiary/aromatic N) is 3. The number of hydrogen-bond acceptors (Lipinski definition) is 8. The third kappa shape index (κ3) is 5.74. The topological polar surface area (TPSA) is 115 Å². The molecule has 0 spiro atoms. The molecule has 1 aliphatic rings. The summed E-state index contributed by atoms with van der Waals surface area (Å²) in [7, 11) is 1.61. The molecule has 1 aliphatic heterocycles. The predicted octanol–water partition coefficient (Wildman–Crippen LogP) is 2.63. The minimum atomic E-state index is -0.583. The molecule has 3 amide bonds. The smallest absolute Gasteiger partial charge is 0.321 e. The summed E-state index contributed by atoms with van der Waals surface area (Å²) < 4.78 is 16.9. The average molecular weight is 449 g/mol. The van der Waals surface area contributed by atoms with E-state index in [4.69, 9.17) is 14.2 Å². The molecule has 2 aromatic carbocycles. The maximum absolute atomic E-state index is 12.1. The van der Waals surface area contributed by atoms with E-state index < -0.39 is 12.1 Å². The van der Waals surface area contributed by atoms with Crippen LogP contribution in [0.4, 0.5) is 4.79 Å². The monoisotopic (exact) mass is 449 g/mol. The zero-order valence-electron chi connectivity index (χ0n) is 17.9. The SMILES string of the molecule is COc1ccc2c(c1)OCN(C[C@H](NC(=O)NC=O)c1ccc(Oc3cncnc3)cc1)C2. The lowest BCUT2D eigenvalue weighted by atomic mass is 10.1. The van der Waals surface area contributed by atoms with Gasteiger partial charge in [0.15, 0.2) is 5.75 Å². The van der Waals surface area contributed by atoms with Gasteiger partial charge in [-0.2, -0.15) is 0 Å². The molecule has 0 fully saturated rings. The highest BCUT2D eigenvalue weighted by Crippen LogP contribution is 2.30. The largest absolute Gasteiger partial charge is 0.497 e. The van der Waals surface area contributed by atoms with Gasteiger partial charge in [0.25, 0.3) is 0 Å². The summed E-state index contributed by atoms with van der Waals surface area (Å²) in [4.78, 5) is 32.7. The van der Waals surface area contributed by atoms with Gasteiger partial charge >= 0.3 is 6.03 Å². The second-order valence-electron chi connectivity index (χ2n) is 7.29. The summed E-state index contributed by atoms with van der Waals surface area (Å²) in [6.07, 6.45) is 4.91. The van der Waals surface area contributed by atoms with E-state index in [-0.39, 0.29) is 0 Å². The van der Waals surface area contributed by atoms with Crippen LogP contribution < -0.4 is 24.8 Å². The van der Waals surface area contributed by atoms with Crippen LogP contribution in [0.15, 0.2) is 61.2 Å². The number of benzene rings is 2. The summed E-state index contributed by atoms with van der Waals surface area (Å²) in [5.74, 6) is 2.64. The minimum absolute atomic E-state index is 0.346. The number of hydrogen-bond donors (Lipinski definition) is 2. The van der Waals surface area contributed by atoms with Crippen LogP contribution in [0.5, 0.6) is 23.0 Å². The fourth-order valence-electron chi connectivity index (χ4n) is 3.48. The Hall–Kier alpha value is -4.18.